The van der Waals surface area contributed by atoms with Crippen LogP contribution in [-0.4, -0.2) is 13.4 Å². The van der Waals surface area contributed by atoms with E-state index in [1.807, 2.05) is 25.1 Å². The van der Waals surface area contributed by atoms with Crippen molar-refractivity contribution in [3.63, 3.8) is 0 Å². The van der Waals surface area contributed by atoms with Crippen molar-refractivity contribution < 1.29 is 17.3 Å². The second-order valence-corrected chi connectivity index (χ2v) is 8.60. The summed E-state index contributed by atoms with van der Waals surface area (Å²) in [6.07, 6.45) is 1.52. The summed E-state index contributed by atoms with van der Waals surface area (Å²) in [5, 5.41) is -1.04. The molecule has 4 rings (SSSR count). The molecule has 0 saturated heterocycles. The highest BCUT2D eigenvalue weighted by Crippen LogP contribution is 2.40. The molecule has 0 aliphatic heterocycles. The highest BCUT2D eigenvalue weighted by molar-refractivity contribution is 7.91. The predicted octanol–water partition coefficient (Wildman–Crippen LogP) is 5.11. The van der Waals surface area contributed by atoms with E-state index in [4.69, 9.17) is 8.83 Å². The fourth-order valence-electron chi connectivity index (χ4n) is 3.17. The number of rotatable bonds is 5. The Kier molecular flexibility index (Phi) is 4.65. The molecule has 0 spiro atoms. The molecule has 2 heterocycles. The van der Waals surface area contributed by atoms with E-state index in [0.717, 1.165) is 5.56 Å². The number of aryl methyl sites for hydroxylation is 2. The number of hydrogen-bond acceptors (Lipinski definition) is 5. The molecular formula is C22H19NO4S. The largest absolute Gasteiger partial charge is 0.463 e. The van der Waals surface area contributed by atoms with Gasteiger partial charge in [0.1, 0.15) is 5.69 Å². The smallest absolute Gasteiger partial charge is 0.192 e. The van der Waals surface area contributed by atoms with E-state index in [0.29, 0.717) is 22.9 Å². The Labute approximate surface area is 163 Å². The number of furan rings is 1. The van der Waals surface area contributed by atoms with Gasteiger partial charge >= 0.3 is 0 Å². The molecule has 6 heteroatoms. The first-order valence-corrected chi connectivity index (χ1v) is 10.4. The zero-order valence-electron chi connectivity index (χ0n) is 15.5. The van der Waals surface area contributed by atoms with Gasteiger partial charge < -0.3 is 8.83 Å². The lowest BCUT2D eigenvalue weighted by Gasteiger charge is -2.17. The Morgan fingerprint density at radius 3 is 2.25 bits per heavy atom. The number of oxazole rings is 1. The first kappa shape index (κ1) is 18.3. The first-order chi connectivity index (χ1) is 13.5. The van der Waals surface area contributed by atoms with Crippen molar-refractivity contribution in [1.82, 2.24) is 4.98 Å². The van der Waals surface area contributed by atoms with Gasteiger partial charge in [-0.1, -0.05) is 48.0 Å². The Morgan fingerprint density at radius 2 is 1.61 bits per heavy atom. The van der Waals surface area contributed by atoms with Gasteiger partial charge in [-0.05, 0) is 36.8 Å². The molecule has 1 unspecified atom stereocenters. The average molecular weight is 393 g/mol. The number of nitrogens with zero attached hydrogens (tertiary/aromatic N) is 1. The summed E-state index contributed by atoms with van der Waals surface area (Å²) in [4.78, 5) is 4.62. The Balaban J connectivity index is 1.95. The summed E-state index contributed by atoms with van der Waals surface area (Å²) in [6, 6.07) is 19.3. The summed E-state index contributed by atoms with van der Waals surface area (Å²) in [7, 11) is -3.80. The maximum absolute atomic E-state index is 13.7. The van der Waals surface area contributed by atoms with Gasteiger partial charge in [0.25, 0.3) is 0 Å². The normalized spacial score (nSPS) is 12.8. The van der Waals surface area contributed by atoms with E-state index in [1.165, 1.54) is 6.26 Å². The van der Waals surface area contributed by atoms with Crippen molar-refractivity contribution >= 4 is 9.84 Å². The zero-order chi connectivity index (χ0) is 19.7. The van der Waals surface area contributed by atoms with Crippen LogP contribution in [0, 0.1) is 13.8 Å². The molecule has 0 N–H and O–H groups in total. The summed E-state index contributed by atoms with van der Waals surface area (Å²) in [5.41, 5.74) is 1.99. The highest BCUT2D eigenvalue weighted by Gasteiger charge is 2.37. The second kappa shape index (κ2) is 7.13. The fraction of sp³-hybridized carbons (Fsp3) is 0.136. The molecule has 0 saturated carbocycles. The molecule has 2 aromatic heterocycles. The van der Waals surface area contributed by atoms with Crippen LogP contribution in [0.1, 0.15) is 28.0 Å². The van der Waals surface area contributed by atoms with Crippen LogP contribution < -0.4 is 0 Å². The summed E-state index contributed by atoms with van der Waals surface area (Å²) < 4.78 is 38.6. The summed E-state index contributed by atoms with van der Waals surface area (Å²) in [5.74, 6) is 1.09. The third kappa shape index (κ3) is 3.27. The number of sulfone groups is 1. The number of benzene rings is 2. The lowest BCUT2D eigenvalue weighted by molar-refractivity contribution is 0.473. The molecule has 4 aromatic rings. The molecule has 0 fully saturated rings. The van der Waals surface area contributed by atoms with Crippen LogP contribution in [0.3, 0.4) is 0 Å². The molecule has 142 valence electrons. The maximum Gasteiger partial charge on any atom is 0.192 e. The minimum atomic E-state index is -3.80. The molecule has 28 heavy (non-hydrogen) atoms. The van der Waals surface area contributed by atoms with Gasteiger partial charge in [-0.3, -0.25) is 0 Å². The van der Waals surface area contributed by atoms with Crippen molar-refractivity contribution in [3.05, 3.63) is 95.8 Å². The maximum atomic E-state index is 13.7. The van der Waals surface area contributed by atoms with Crippen LogP contribution in [0.4, 0.5) is 0 Å². The van der Waals surface area contributed by atoms with Crippen molar-refractivity contribution in [3.8, 4) is 11.5 Å². The molecule has 0 amide bonds. The molecule has 1 atom stereocenters. The van der Waals surface area contributed by atoms with Crippen molar-refractivity contribution in [2.75, 3.05) is 0 Å². The van der Waals surface area contributed by atoms with E-state index in [-0.39, 0.29) is 10.7 Å². The van der Waals surface area contributed by atoms with Crippen LogP contribution >= 0.6 is 0 Å². The Hall–Kier alpha value is -3.12. The van der Waals surface area contributed by atoms with Crippen LogP contribution in [0.25, 0.3) is 11.5 Å². The van der Waals surface area contributed by atoms with Crippen LogP contribution in [0.2, 0.25) is 0 Å². The molecule has 0 radical (unpaired) electrons. The summed E-state index contributed by atoms with van der Waals surface area (Å²) >= 11 is 0. The lowest BCUT2D eigenvalue weighted by atomic mass is 10.1. The Bertz CT molecular complexity index is 1180. The number of aromatic nitrogens is 1. The van der Waals surface area contributed by atoms with E-state index in [9.17, 15) is 8.42 Å². The quantitative estimate of drug-likeness (QED) is 0.471. The first-order valence-electron chi connectivity index (χ1n) is 8.83. The third-order valence-electron chi connectivity index (χ3n) is 4.52. The van der Waals surface area contributed by atoms with Gasteiger partial charge in [-0.25, -0.2) is 13.4 Å². The van der Waals surface area contributed by atoms with Gasteiger partial charge in [-0.2, -0.15) is 0 Å². The average Bonchev–Trinajstić information content (AvgIpc) is 3.33. The Morgan fingerprint density at radius 1 is 0.893 bits per heavy atom. The van der Waals surface area contributed by atoms with Crippen molar-refractivity contribution in [2.24, 2.45) is 0 Å². The molecule has 5 nitrogen and oxygen atoms in total. The van der Waals surface area contributed by atoms with Crippen LogP contribution in [0.15, 0.2) is 86.7 Å². The topological polar surface area (TPSA) is 73.3 Å². The van der Waals surface area contributed by atoms with Crippen LogP contribution in [0.5, 0.6) is 0 Å². The summed E-state index contributed by atoms with van der Waals surface area (Å²) in [6.45, 7) is 3.61. The van der Waals surface area contributed by atoms with E-state index in [1.54, 1.807) is 55.5 Å². The number of hydrogen-bond donors (Lipinski definition) is 0. The lowest BCUT2D eigenvalue weighted by Crippen LogP contribution is -2.15. The molecule has 0 bridgehead atoms. The molecular weight excluding hydrogens is 374 g/mol. The van der Waals surface area contributed by atoms with Gasteiger partial charge in [0.05, 0.1) is 11.2 Å². The minimum absolute atomic E-state index is 0.228. The minimum Gasteiger partial charge on any atom is -0.463 e. The van der Waals surface area contributed by atoms with E-state index >= 15 is 0 Å². The molecule has 0 aliphatic carbocycles. The van der Waals surface area contributed by atoms with Gasteiger partial charge in [0, 0.05) is 6.92 Å². The van der Waals surface area contributed by atoms with E-state index < -0.39 is 15.1 Å². The zero-order valence-corrected chi connectivity index (χ0v) is 16.3. The SMILES string of the molecule is Cc1ccc(S(=O)(=O)C(c2ccccc2)c2oc(C)nc2-c2ccco2)cc1. The van der Waals surface area contributed by atoms with Crippen molar-refractivity contribution in [1.29, 1.82) is 0 Å². The highest BCUT2D eigenvalue weighted by atomic mass is 32.2. The third-order valence-corrected chi connectivity index (χ3v) is 6.55. The standard InChI is InChI=1S/C22H19NO4S/c1-15-10-12-18(13-11-15)28(24,25)22(17-7-4-3-5-8-17)21-20(23-16(2)27-21)19-9-6-14-26-19/h3-14,22H,1-2H3. The van der Waals surface area contributed by atoms with Gasteiger partial charge in [0.2, 0.25) is 0 Å². The predicted molar refractivity (Wildman–Crippen MR) is 106 cm³/mol. The van der Waals surface area contributed by atoms with Gasteiger partial charge in [0.15, 0.2) is 32.5 Å². The fourth-order valence-corrected chi connectivity index (χ4v) is 4.92. The monoisotopic (exact) mass is 393 g/mol. The molecule has 2 aromatic carbocycles. The van der Waals surface area contributed by atoms with Gasteiger partial charge in [-0.15, -0.1) is 0 Å². The second-order valence-electron chi connectivity index (χ2n) is 6.57. The van der Waals surface area contributed by atoms with Crippen molar-refractivity contribution in [2.45, 2.75) is 24.0 Å². The van der Waals surface area contributed by atoms with E-state index in [2.05, 4.69) is 4.98 Å². The molecule has 0 aliphatic rings. The van der Waals surface area contributed by atoms with Crippen LogP contribution in [-0.2, 0) is 9.84 Å².